The molecule has 8 nitrogen and oxygen atoms in total. The summed E-state index contributed by atoms with van der Waals surface area (Å²) >= 11 is 0. The standard InChI is InChI=1S/C10H19NO3.C10H17NO3/c2*1-10(2,3)14-9(13)11-5-4-8(6-11)7-12/h8,12H,4-7H2,1-3H3;7-8H,4-6H2,1-3H3/t2*8-/m00/s1. The zero-order valence-electron chi connectivity index (χ0n) is 18.1. The number of aldehydes is 1. The van der Waals surface area contributed by atoms with Crippen LogP contribution in [-0.2, 0) is 14.3 Å². The Morgan fingerprint density at radius 2 is 1.39 bits per heavy atom. The van der Waals surface area contributed by atoms with Crippen molar-refractivity contribution in [3.8, 4) is 0 Å². The molecule has 1 N–H and O–H groups in total. The lowest BCUT2D eigenvalue weighted by Crippen LogP contribution is -2.35. The topological polar surface area (TPSA) is 96.4 Å². The van der Waals surface area contributed by atoms with Gasteiger partial charge in [0.1, 0.15) is 17.5 Å². The summed E-state index contributed by atoms with van der Waals surface area (Å²) in [5.74, 6) is 0.213. The van der Waals surface area contributed by atoms with E-state index in [-0.39, 0.29) is 30.6 Å². The molecule has 0 bridgehead atoms. The molecule has 2 atom stereocenters. The fraction of sp³-hybridized carbons (Fsp3) is 0.850. The number of hydrogen-bond acceptors (Lipinski definition) is 6. The molecule has 2 aliphatic rings. The maximum absolute atomic E-state index is 11.5. The smallest absolute Gasteiger partial charge is 0.410 e. The van der Waals surface area contributed by atoms with Crippen LogP contribution in [0, 0.1) is 11.8 Å². The molecule has 0 unspecified atom stereocenters. The van der Waals surface area contributed by atoms with Crippen molar-refractivity contribution in [3.63, 3.8) is 0 Å². The first-order valence-corrected chi connectivity index (χ1v) is 9.86. The van der Waals surface area contributed by atoms with E-state index in [4.69, 9.17) is 14.6 Å². The molecule has 2 heterocycles. The summed E-state index contributed by atoms with van der Waals surface area (Å²) in [4.78, 5) is 36.8. The molecule has 0 spiro atoms. The second-order valence-corrected chi connectivity index (χ2v) is 9.37. The van der Waals surface area contributed by atoms with E-state index in [1.807, 2.05) is 41.5 Å². The number of rotatable bonds is 2. The van der Waals surface area contributed by atoms with Crippen molar-refractivity contribution in [2.45, 2.75) is 65.6 Å². The summed E-state index contributed by atoms with van der Waals surface area (Å²) in [6, 6.07) is 0. The van der Waals surface area contributed by atoms with Gasteiger partial charge in [-0.3, -0.25) is 0 Å². The van der Waals surface area contributed by atoms with Crippen LogP contribution >= 0.6 is 0 Å². The van der Waals surface area contributed by atoms with Gasteiger partial charge < -0.3 is 29.2 Å². The molecule has 0 aromatic heterocycles. The van der Waals surface area contributed by atoms with Crippen molar-refractivity contribution >= 4 is 18.5 Å². The maximum Gasteiger partial charge on any atom is 0.410 e. The van der Waals surface area contributed by atoms with Gasteiger partial charge in [0.05, 0.1) is 0 Å². The minimum absolute atomic E-state index is 0.0116. The van der Waals surface area contributed by atoms with Gasteiger partial charge in [-0.2, -0.15) is 0 Å². The summed E-state index contributed by atoms with van der Waals surface area (Å²) in [7, 11) is 0. The average Bonchev–Trinajstić information content (AvgIpc) is 3.21. The van der Waals surface area contributed by atoms with Gasteiger partial charge in [-0.15, -0.1) is 0 Å². The number of aliphatic hydroxyl groups excluding tert-OH is 1. The zero-order valence-corrected chi connectivity index (χ0v) is 18.1. The van der Waals surface area contributed by atoms with Crippen LogP contribution in [0.4, 0.5) is 9.59 Å². The molecule has 0 aromatic rings. The molecule has 2 saturated heterocycles. The van der Waals surface area contributed by atoms with Gasteiger partial charge >= 0.3 is 12.2 Å². The van der Waals surface area contributed by atoms with Crippen molar-refractivity contribution in [1.29, 1.82) is 0 Å². The molecule has 162 valence electrons. The van der Waals surface area contributed by atoms with E-state index < -0.39 is 11.2 Å². The van der Waals surface area contributed by atoms with Crippen LogP contribution in [0.1, 0.15) is 54.4 Å². The zero-order chi connectivity index (χ0) is 21.5. The molecular formula is C20H36N2O6. The third-order valence-electron chi connectivity index (χ3n) is 4.26. The third kappa shape index (κ3) is 8.91. The number of ether oxygens (including phenoxy) is 2. The van der Waals surface area contributed by atoms with E-state index in [0.717, 1.165) is 19.1 Å². The molecule has 0 aliphatic carbocycles. The molecule has 28 heavy (non-hydrogen) atoms. The maximum atomic E-state index is 11.5. The molecule has 0 radical (unpaired) electrons. The Labute approximate surface area is 168 Å². The van der Waals surface area contributed by atoms with Crippen molar-refractivity contribution in [2.75, 3.05) is 32.8 Å². The van der Waals surface area contributed by atoms with Crippen LogP contribution in [-0.4, -0.2) is 77.4 Å². The summed E-state index contributed by atoms with van der Waals surface area (Å²) in [5, 5.41) is 8.92. The Kier molecular flexibility index (Phi) is 8.73. The predicted octanol–water partition coefficient (Wildman–Crippen LogP) is 2.68. The lowest BCUT2D eigenvalue weighted by atomic mass is 10.1. The molecule has 0 saturated carbocycles. The minimum atomic E-state index is -0.462. The summed E-state index contributed by atoms with van der Waals surface area (Å²) < 4.78 is 10.4. The summed E-state index contributed by atoms with van der Waals surface area (Å²) in [5.41, 5.74) is -0.898. The van der Waals surface area contributed by atoms with Gasteiger partial charge in [-0.25, -0.2) is 9.59 Å². The second kappa shape index (κ2) is 10.1. The van der Waals surface area contributed by atoms with Crippen LogP contribution in [0.5, 0.6) is 0 Å². The number of carbonyl (C=O) groups is 3. The summed E-state index contributed by atoms with van der Waals surface area (Å²) in [6.45, 7) is 13.6. The lowest BCUT2D eigenvalue weighted by molar-refractivity contribution is -0.110. The van der Waals surface area contributed by atoms with Crippen LogP contribution in [0.3, 0.4) is 0 Å². The number of amides is 2. The highest BCUT2D eigenvalue weighted by molar-refractivity contribution is 5.70. The Morgan fingerprint density at radius 3 is 1.75 bits per heavy atom. The Hall–Kier alpha value is -1.83. The SMILES string of the molecule is CC(C)(C)OC(=O)N1CC[C@H](C=O)C1.CC(C)(C)OC(=O)N1CC[C@H](CO)C1. The largest absolute Gasteiger partial charge is 0.444 e. The van der Waals surface area contributed by atoms with E-state index >= 15 is 0 Å². The molecular weight excluding hydrogens is 364 g/mol. The molecule has 2 amide bonds. The van der Waals surface area contributed by atoms with Crippen molar-refractivity contribution in [2.24, 2.45) is 11.8 Å². The summed E-state index contributed by atoms with van der Waals surface area (Å²) in [6.07, 6.45) is 1.94. The van der Waals surface area contributed by atoms with Crippen LogP contribution < -0.4 is 0 Å². The highest BCUT2D eigenvalue weighted by Gasteiger charge is 2.30. The number of aliphatic hydroxyl groups is 1. The molecule has 0 aromatic carbocycles. The number of hydrogen-bond donors (Lipinski definition) is 1. The van der Waals surface area contributed by atoms with Crippen molar-refractivity contribution < 1.29 is 29.0 Å². The Balaban J connectivity index is 0.000000280. The highest BCUT2D eigenvalue weighted by atomic mass is 16.6. The monoisotopic (exact) mass is 400 g/mol. The minimum Gasteiger partial charge on any atom is -0.444 e. The van der Waals surface area contributed by atoms with E-state index in [0.29, 0.717) is 26.2 Å². The van der Waals surface area contributed by atoms with Crippen LogP contribution in [0.15, 0.2) is 0 Å². The fourth-order valence-corrected chi connectivity index (χ4v) is 2.86. The van der Waals surface area contributed by atoms with Crippen LogP contribution in [0.2, 0.25) is 0 Å². The first kappa shape index (κ1) is 24.2. The van der Waals surface area contributed by atoms with Gasteiger partial charge in [-0.05, 0) is 54.4 Å². The fourth-order valence-electron chi connectivity index (χ4n) is 2.86. The Morgan fingerprint density at radius 1 is 0.929 bits per heavy atom. The molecule has 8 heteroatoms. The van der Waals surface area contributed by atoms with E-state index in [1.54, 1.807) is 9.80 Å². The van der Waals surface area contributed by atoms with E-state index in [9.17, 15) is 14.4 Å². The van der Waals surface area contributed by atoms with E-state index in [1.165, 1.54) is 0 Å². The number of likely N-dealkylation sites (tertiary alicyclic amines) is 2. The molecule has 2 aliphatic heterocycles. The normalized spacial score (nSPS) is 22.4. The van der Waals surface area contributed by atoms with E-state index in [2.05, 4.69) is 0 Å². The molecule has 2 fully saturated rings. The second-order valence-electron chi connectivity index (χ2n) is 9.37. The number of carbonyl (C=O) groups excluding carboxylic acids is 3. The van der Waals surface area contributed by atoms with Crippen molar-refractivity contribution in [3.05, 3.63) is 0 Å². The molecule has 2 rings (SSSR count). The van der Waals surface area contributed by atoms with Gasteiger partial charge in [0.2, 0.25) is 0 Å². The third-order valence-corrected chi connectivity index (χ3v) is 4.26. The lowest BCUT2D eigenvalue weighted by Gasteiger charge is -2.24. The first-order valence-electron chi connectivity index (χ1n) is 9.86. The van der Waals surface area contributed by atoms with Gasteiger partial charge in [-0.1, -0.05) is 0 Å². The van der Waals surface area contributed by atoms with Crippen molar-refractivity contribution in [1.82, 2.24) is 9.80 Å². The highest BCUT2D eigenvalue weighted by Crippen LogP contribution is 2.19. The predicted molar refractivity (Wildman–Crippen MR) is 105 cm³/mol. The van der Waals surface area contributed by atoms with Gasteiger partial charge in [0, 0.05) is 44.6 Å². The van der Waals surface area contributed by atoms with Gasteiger partial charge in [0.25, 0.3) is 0 Å². The average molecular weight is 401 g/mol. The quantitative estimate of drug-likeness (QED) is 0.716. The van der Waals surface area contributed by atoms with Gasteiger partial charge in [0.15, 0.2) is 0 Å². The van der Waals surface area contributed by atoms with Crippen LogP contribution in [0.25, 0.3) is 0 Å². The number of nitrogens with zero attached hydrogens (tertiary/aromatic N) is 2. The Bertz CT molecular complexity index is 538. The first-order chi connectivity index (χ1) is 12.8.